The number of aliphatic hydroxyl groups excluding tert-OH is 6. The Morgan fingerprint density at radius 1 is 0.864 bits per heavy atom. The van der Waals surface area contributed by atoms with Crippen LogP contribution in [0.3, 0.4) is 0 Å². The van der Waals surface area contributed by atoms with Crippen LogP contribution in [-0.4, -0.2) is 131 Å². The summed E-state index contributed by atoms with van der Waals surface area (Å²) in [6.07, 6.45) is 2.58. The van der Waals surface area contributed by atoms with Crippen molar-refractivity contribution in [2.45, 2.75) is 204 Å². The van der Waals surface area contributed by atoms with E-state index in [-0.39, 0.29) is 38.5 Å². The smallest absolute Gasteiger partial charge is 0.462 e. The summed E-state index contributed by atoms with van der Waals surface area (Å²) in [5.41, 5.74) is 0. The Labute approximate surface area is 389 Å². The van der Waals surface area contributed by atoms with Gasteiger partial charge in [0.1, 0.15) is 36.8 Å². The minimum atomic E-state index is -5.80. The molecule has 9 N–H and O–H groups in total. The van der Waals surface area contributed by atoms with E-state index in [0.717, 1.165) is 63.5 Å². The van der Waals surface area contributed by atoms with Gasteiger partial charge in [0.25, 0.3) is 0 Å². The van der Waals surface area contributed by atoms with E-state index in [2.05, 4.69) is 19.1 Å². The van der Waals surface area contributed by atoms with Crippen molar-refractivity contribution in [3.8, 4) is 0 Å². The number of phosphoric acid groups is 2. The summed E-state index contributed by atoms with van der Waals surface area (Å²) in [6.45, 7) is 2.50. The van der Waals surface area contributed by atoms with Crippen molar-refractivity contribution in [2.24, 2.45) is 11.8 Å². The van der Waals surface area contributed by atoms with E-state index in [1.54, 1.807) is 6.08 Å². The molecule has 0 radical (unpaired) electrons. The van der Waals surface area contributed by atoms with Crippen molar-refractivity contribution in [2.75, 3.05) is 13.2 Å². The van der Waals surface area contributed by atoms with E-state index < -0.39 is 120 Å². The molecule has 1 heterocycles. The second-order valence-corrected chi connectivity index (χ2v) is 19.9. The quantitative estimate of drug-likeness (QED) is 0.0287. The van der Waals surface area contributed by atoms with Crippen molar-refractivity contribution in [1.82, 2.24) is 0 Å². The van der Waals surface area contributed by atoms with Crippen molar-refractivity contribution < 1.29 is 91.9 Å². The summed E-state index contributed by atoms with van der Waals surface area (Å²) in [7, 11) is -11.5. The highest BCUT2D eigenvalue weighted by molar-refractivity contribution is 7.47. The monoisotopic (exact) mass is 984 g/mol. The largest absolute Gasteiger partial charge is 0.472 e. The highest BCUT2D eigenvalue weighted by atomic mass is 31.2. The van der Waals surface area contributed by atoms with Gasteiger partial charge in [-0.2, -0.15) is 0 Å². The van der Waals surface area contributed by atoms with Crippen LogP contribution in [-0.2, 0) is 46.6 Å². The van der Waals surface area contributed by atoms with E-state index in [9.17, 15) is 68.8 Å². The molecule has 382 valence electrons. The fourth-order valence-corrected chi connectivity index (χ4v) is 9.26. The summed E-state index contributed by atoms with van der Waals surface area (Å²) < 4.78 is 52.0. The van der Waals surface area contributed by atoms with Gasteiger partial charge in [0.05, 0.1) is 36.9 Å². The maximum atomic E-state index is 13.9. The third kappa shape index (κ3) is 24.4. The lowest BCUT2D eigenvalue weighted by Gasteiger charge is -2.38. The number of hydrogen-bond donors (Lipinski definition) is 9. The Bertz CT molecular complexity index is 1580. The van der Waals surface area contributed by atoms with Crippen LogP contribution in [0.25, 0.3) is 0 Å². The van der Waals surface area contributed by atoms with E-state index in [4.69, 9.17) is 23.0 Å². The third-order valence-corrected chi connectivity index (χ3v) is 13.1. The maximum absolute atomic E-state index is 13.9. The molecule has 1 aliphatic heterocycles. The zero-order valence-electron chi connectivity index (χ0n) is 38.6. The van der Waals surface area contributed by atoms with Gasteiger partial charge in [0.15, 0.2) is 6.10 Å². The van der Waals surface area contributed by atoms with Crippen LogP contribution in [0.4, 0.5) is 0 Å². The van der Waals surface area contributed by atoms with E-state index in [0.29, 0.717) is 12.8 Å². The summed E-state index contributed by atoms with van der Waals surface area (Å²) >= 11 is 0. The number of Topliss-reactive ketones (excluding diaryl/α,β-unsaturated/α-hetero) is 1. The number of cyclic esters (lactones) is 1. The molecule has 2 bridgehead atoms. The predicted octanol–water partition coefficient (Wildman–Crippen LogP) is 5.32. The summed E-state index contributed by atoms with van der Waals surface area (Å²) in [4.78, 5) is 70.5. The number of ether oxygens (including phenoxy) is 2. The van der Waals surface area contributed by atoms with Gasteiger partial charge in [-0.25, -0.2) is 9.13 Å². The lowest BCUT2D eigenvalue weighted by atomic mass is 9.83. The Balaban J connectivity index is 2.42. The van der Waals surface area contributed by atoms with Crippen molar-refractivity contribution in [3.63, 3.8) is 0 Å². The molecule has 1 saturated carbocycles. The maximum Gasteiger partial charge on any atom is 0.472 e. The molecule has 0 saturated heterocycles. The van der Waals surface area contributed by atoms with E-state index >= 15 is 0 Å². The first kappa shape index (κ1) is 59.9. The average molecular weight is 985 g/mol. The molecule has 21 heteroatoms. The van der Waals surface area contributed by atoms with Crippen molar-refractivity contribution in [3.05, 3.63) is 36.5 Å². The van der Waals surface area contributed by atoms with Gasteiger partial charge in [0, 0.05) is 25.2 Å². The number of carbonyl (C=O) groups excluding carboxylic acids is 3. The Hall–Kier alpha value is -2.19. The predicted molar refractivity (Wildman–Crippen MR) is 242 cm³/mol. The molecule has 12 atom stereocenters. The number of phosphoric ester groups is 2. The van der Waals surface area contributed by atoms with Crippen LogP contribution in [0.1, 0.15) is 149 Å². The van der Waals surface area contributed by atoms with Gasteiger partial charge in [-0.1, -0.05) is 108 Å². The fraction of sp³-hybridized carbons (Fsp3) is 0.800. The Morgan fingerprint density at radius 2 is 1.50 bits per heavy atom. The first-order valence-corrected chi connectivity index (χ1v) is 26.7. The SMILES string of the molecule is CCCCCC/C=C\CCCCCCCC(=O)O[C@@H]1COC(=O)CCC/C=C\C[C@@H]2[C@@H](O)[C@H](O)[C@@H](O)[C@H](OP(=O)(O)OC1)[C@H](OP(=O)(O)O)[C@H](O)[C@@H](/C=C/[C@@H](O)CCCCC)C(=O)C[C@@H]2O. The van der Waals surface area contributed by atoms with Crippen LogP contribution in [0.5, 0.6) is 0 Å². The Kier molecular flexibility index (Phi) is 29.6. The highest BCUT2D eigenvalue weighted by Gasteiger charge is 2.51. The van der Waals surface area contributed by atoms with Gasteiger partial charge in [0.2, 0.25) is 0 Å². The molecule has 19 nitrogen and oxygen atoms in total. The molecule has 0 aromatic rings. The van der Waals surface area contributed by atoms with Gasteiger partial charge < -0.3 is 54.8 Å². The Morgan fingerprint density at radius 3 is 2.17 bits per heavy atom. The number of allylic oxidation sites excluding steroid dienone is 4. The summed E-state index contributed by atoms with van der Waals surface area (Å²) in [6, 6.07) is 0. The second kappa shape index (κ2) is 32.6. The van der Waals surface area contributed by atoms with Crippen LogP contribution >= 0.6 is 15.6 Å². The van der Waals surface area contributed by atoms with Crippen molar-refractivity contribution in [1.29, 1.82) is 0 Å². The number of carbonyl (C=O) groups is 3. The molecule has 1 aliphatic carbocycles. The third-order valence-electron chi connectivity index (χ3n) is 11.6. The van der Waals surface area contributed by atoms with E-state index in [1.165, 1.54) is 31.8 Å². The molecule has 1 unspecified atom stereocenters. The second-order valence-electron chi connectivity index (χ2n) is 17.3. The van der Waals surface area contributed by atoms with Crippen LogP contribution in [0.15, 0.2) is 36.5 Å². The minimum Gasteiger partial charge on any atom is -0.462 e. The van der Waals surface area contributed by atoms with Crippen LogP contribution < -0.4 is 0 Å². The highest BCUT2D eigenvalue weighted by Crippen LogP contribution is 2.49. The molecule has 0 aromatic heterocycles. The molecule has 1 fully saturated rings. The molecule has 0 aromatic carbocycles. The van der Waals surface area contributed by atoms with Gasteiger partial charge in [-0.05, 0) is 57.8 Å². The van der Waals surface area contributed by atoms with Crippen LogP contribution in [0.2, 0.25) is 0 Å². The first-order valence-electron chi connectivity index (χ1n) is 23.6. The van der Waals surface area contributed by atoms with Gasteiger partial charge >= 0.3 is 27.6 Å². The molecule has 2 aliphatic rings. The number of aliphatic hydroxyl groups is 6. The molecule has 2 rings (SSSR count). The normalized spacial score (nSPS) is 31.5. The molecule has 66 heavy (non-hydrogen) atoms. The number of unbranched alkanes of at least 4 members (excludes halogenated alkanes) is 11. The molecule has 0 amide bonds. The standard InChI is InChI=1S/C45H78O19P2/c1-3-5-7-8-9-10-11-12-13-14-15-16-22-26-39(50)62-33-30-60-38(49)25-21-18-17-20-24-34-36(47)29-37(48)35(28-27-32(46)23-19-6-4-2)41(52)44(63-65(55,56)57)45(43(54)42(53)40(34)51)64-66(58,59)61-31-33/h10-11,17,20,27-28,32-36,40-47,51-54H,3-9,12-16,18-19,21-26,29-31H2,1-2H3,(H,58,59)(H2,55,56,57)/b11-10-,20-17-,28-27+/t32-,33+,34-,35-,36-,40+,41+,42-,43+,44+,45-/m0/s1. The minimum absolute atomic E-state index is 0.0463. The van der Waals surface area contributed by atoms with Crippen LogP contribution in [0, 0.1) is 11.8 Å². The van der Waals surface area contributed by atoms with Gasteiger partial charge in [-0.3, -0.25) is 28.0 Å². The summed E-state index contributed by atoms with van der Waals surface area (Å²) in [5, 5.41) is 68.0. The topological polar surface area (TPSA) is 314 Å². The number of ketones is 1. The number of rotatable bonds is 22. The lowest BCUT2D eigenvalue weighted by molar-refractivity contribution is -0.165. The van der Waals surface area contributed by atoms with Crippen molar-refractivity contribution >= 4 is 33.4 Å². The fourth-order valence-electron chi connectivity index (χ4n) is 7.73. The number of hydrogen-bond acceptors (Lipinski definition) is 16. The average Bonchev–Trinajstić information content (AvgIpc) is 3.25. The number of esters is 2. The molecular weight excluding hydrogens is 906 g/mol. The zero-order valence-corrected chi connectivity index (χ0v) is 40.4. The first-order chi connectivity index (χ1) is 31.3. The molecule has 0 spiro atoms. The van der Waals surface area contributed by atoms with Gasteiger partial charge in [-0.15, -0.1) is 0 Å². The van der Waals surface area contributed by atoms with E-state index in [1.807, 2.05) is 6.92 Å². The molecular formula is C45H78O19P2. The summed E-state index contributed by atoms with van der Waals surface area (Å²) in [5.74, 6) is -5.82. The lowest BCUT2D eigenvalue weighted by Crippen LogP contribution is -2.56. The zero-order chi connectivity index (χ0) is 49.1. The number of fused-ring (bicyclic) bond motifs is 4.